The summed E-state index contributed by atoms with van der Waals surface area (Å²) in [6.45, 7) is 6.42. The number of aromatic nitrogens is 2. The number of rotatable bonds is 6. The molecule has 4 aromatic rings. The van der Waals surface area contributed by atoms with Gasteiger partial charge in [-0.15, -0.1) is 0 Å². The van der Waals surface area contributed by atoms with Crippen LogP contribution in [0.25, 0.3) is 5.69 Å². The summed E-state index contributed by atoms with van der Waals surface area (Å²) in [5.41, 5.74) is 6.44. The Balaban J connectivity index is 1.59. The first kappa shape index (κ1) is 24.8. The number of hydrogen-bond donors (Lipinski definition) is 1. The van der Waals surface area contributed by atoms with Gasteiger partial charge in [-0.2, -0.15) is 5.10 Å². The standard InChI is InChI=1S/C30H30N4O2S/c1-4-22-14-16-24(17-15-22)33-26(35)19-37-30-27(21(3)32-34(30)25-8-6-5-7-9-25)28(33)29(36)31-18-23-12-10-20(2)11-13-23/h5-17,28H,4,18-19H2,1-3H3,(H,31,36). The summed E-state index contributed by atoms with van der Waals surface area (Å²) in [6, 6.07) is 25.0. The third kappa shape index (κ3) is 5.04. The van der Waals surface area contributed by atoms with E-state index in [-0.39, 0.29) is 17.6 Å². The van der Waals surface area contributed by atoms with Gasteiger partial charge in [0.15, 0.2) is 0 Å². The number of benzene rings is 3. The lowest BCUT2D eigenvalue weighted by atomic mass is 10.0. The van der Waals surface area contributed by atoms with Crippen LogP contribution in [-0.4, -0.2) is 27.3 Å². The highest BCUT2D eigenvalue weighted by atomic mass is 32.2. The molecule has 0 aliphatic carbocycles. The van der Waals surface area contributed by atoms with E-state index in [1.165, 1.54) is 17.3 Å². The van der Waals surface area contributed by atoms with E-state index < -0.39 is 6.04 Å². The van der Waals surface area contributed by atoms with Crippen molar-refractivity contribution in [2.75, 3.05) is 10.7 Å². The summed E-state index contributed by atoms with van der Waals surface area (Å²) in [6.07, 6.45) is 0.900. The number of fused-ring (bicyclic) bond motifs is 1. The van der Waals surface area contributed by atoms with Crippen molar-refractivity contribution in [3.63, 3.8) is 0 Å². The molecule has 2 heterocycles. The molecule has 37 heavy (non-hydrogen) atoms. The maximum Gasteiger partial charge on any atom is 0.248 e. The Kier molecular flexibility index (Phi) is 7.15. The maximum absolute atomic E-state index is 14.0. The van der Waals surface area contributed by atoms with Crippen LogP contribution < -0.4 is 10.2 Å². The molecule has 0 saturated carbocycles. The van der Waals surface area contributed by atoms with E-state index >= 15 is 0 Å². The number of nitrogens with zero attached hydrogens (tertiary/aromatic N) is 3. The number of nitrogens with one attached hydrogen (secondary N) is 1. The molecule has 6 nitrogen and oxygen atoms in total. The van der Waals surface area contributed by atoms with E-state index in [0.29, 0.717) is 12.2 Å². The summed E-state index contributed by atoms with van der Waals surface area (Å²) in [7, 11) is 0. The number of carbonyl (C=O) groups is 2. The van der Waals surface area contributed by atoms with Crippen molar-refractivity contribution in [2.45, 2.75) is 44.8 Å². The average molecular weight is 511 g/mol. The SMILES string of the molecule is CCc1ccc(N2C(=O)CSc3c(c(C)nn3-c3ccccc3)C2C(=O)NCc2ccc(C)cc2)cc1. The molecule has 5 rings (SSSR count). The number of aryl methyl sites for hydroxylation is 3. The van der Waals surface area contributed by atoms with Crippen LogP contribution >= 0.6 is 11.8 Å². The number of para-hydroxylation sites is 1. The van der Waals surface area contributed by atoms with Crippen LogP contribution in [0.1, 0.15) is 40.9 Å². The Morgan fingerprint density at radius 1 is 0.946 bits per heavy atom. The fourth-order valence-electron chi connectivity index (χ4n) is 4.61. The molecule has 188 valence electrons. The summed E-state index contributed by atoms with van der Waals surface area (Å²) < 4.78 is 1.85. The van der Waals surface area contributed by atoms with Gasteiger partial charge in [0.25, 0.3) is 0 Å². The van der Waals surface area contributed by atoms with Gasteiger partial charge >= 0.3 is 0 Å². The van der Waals surface area contributed by atoms with E-state index in [0.717, 1.165) is 39.5 Å². The Morgan fingerprint density at radius 2 is 1.62 bits per heavy atom. The van der Waals surface area contributed by atoms with Crippen molar-refractivity contribution in [3.8, 4) is 5.69 Å². The van der Waals surface area contributed by atoms with E-state index in [1.807, 2.05) is 97.4 Å². The van der Waals surface area contributed by atoms with E-state index in [1.54, 1.807) is 4.90 Å². The highest BCUT2D eigenvalue weighted by molar-refractivity contribution is 8.00. The molecule has 1 aliphatic heterocycles. The fourth-order valence-corrected chi connectivity index (χ4v) is 5.70. The first-order valence-corrected chi connectivity index (χ1v) is 13.5. The molecular weight excluding hydrogens is 480 g/mol. The third-order valence-electron chi connectivity index (χ3n) is 6.65. The lowest BCUT2D eigenvalue weighted by molar-refractivity contribution is -0.126. The van der Waals surface area contributed by atoms with Gasteiger partial charge in [-0.3, -0.25) is 14.5 Å². The van der Waals surface area contributed by atoms with E-state index in [2.05, 4.69) is 12.2 Å². The molecular formula is C30H30N4O2S. The molecule has 0 bridgehead atoms. The lowest BCUT2D eigenvalue weighted by Crippen LogP contribution is -2.44. The minimum Gasteiger partial charge on any atom is -0.350 e. The van der Waals surface area contributed by atoms with Gasteiger partial charge in [0.05, 0.1) is 17.1 Å². The molecule has 3 aromatic carbocycles. The normalized spacial score (nSPS) is 15.3. The predicted molar refractivity (Wildman–Crippen MR) is 148 cm³/mol. The van der Waals surface area contributed by atoms with Crippen molar-refractivity contribution in [1.82, 2.24) is 15.1 Å². The number of anilines is 1. The van der Waals surface area contributed by atoms with Gasteiger partial charge in [-0.25, -0.2) is 4.68 Å². The van der Waals surface area contributed by atoms with Crippen LogP contribution in [0.2, 0.25) is 0 Å². The van der Waals surface area contributed by atoms with Gasteiger partial charge in [0.1, 0.15) is 11.1 Å². The van der Waals surface area contributed by atoms with Crippen LogP contribution in [0.15, 0.2) is 83.9 Å². The summed E-state index contributed by atoms with van der Waals surface area (Å²) in [5.74, 6) is -0.129. The molecule has 1 atom stereocenters. The first-order valence-electron chi connectivity index (χ1n) is 12.5. The number of hydrogen-bond acceptors (Lipinski definition) is 4. The monoisotopic (exact) mass is 510 g/mol. The summed E-state index contributed by atoms with van der Waals surface area (Å²) >= 11 is 1.43. The van der Waals surface area contributed by atoms with Crippen molar-refractivity contribution < 1.29 is 9.59 Å². The van der Waals surface area contributed by atoms with Crippen molar-refractivity contribution in [3.05, 3.63) is 107 Å². The van der Waals surface area contributed by atoms with Gasteiger partial charge in [-0.05, 0) is 55.7 Å². The van der Waals surface area contributed by atoms with Crippen LogP contribution in [-0.2, 0) is 22.6 Å². The molecule has 1 unspecified atom stereocenters. The highest BCUT2D eigenvalue weighted by Gasteiger charge is 2.40. The molecule has 0 spiro atoms. The zero-order valence-corrected chi connectivity index (χ0v) is 22.1. The second-order valence-electron chi connectivity index (χ2n) is 9.23. The van der Waals surface area contributed by atoms with Crippen molar-refractivity contribution >= 4 is 29.3 Å². The quantitative estimate of drug-likeness (QED) is 0.369. The highest BCUT2D eigenvalue weighted by Crippen LogP contribution is 2.41. The Morgan fingerprint density at radius 3 is 2.30 bits per heavy atom. The Labute approximate surface area is 221 Å². The van der Waals surface area contributed by atoms with E-state index in [4.69, 9.17) is 5.10 Å². The van der Waals surface area contributed by atoms with Crippen LogP contribution in [0.4, 0.5) is 5.69 Å². The minimum atomic E-state index is -0.840. The number of carbonyl (C=O) groups excluding carboxylic acids is 2. The minimum absolute atomic E-state index is 0.111. The maximum atomic E-state index is 14.0. The average Bonchev–Trinajstić information content (AvgIpc) is 3.16. The van der Waals surface area contributed by atoms with Crippen LogP contribution in [0.5, 0.6) is 0 Å². The zero-order chi connectivity index (χ0) is 25.9. The van der Waals surface area contributed by atoms with Gasteiger partial charge in [0, 0.05) is 17.8 Å². The van der Waals surface area contributed by atoms with Crippen molar-refractivity contribution in [2.24, 2.45) is 0 Å². The van der Waals surface area contributed by atoms with E-state index in [9.17, 15) is 9.59 Å². The fraction of sp³-hybridized carbons (Fsp3) is 0.233. The second kappa shape index (κ2) is 10.6. The first-order chi connectivity index (χ1) is 18.0. The molecule has 1 aromatic heterocycles. The number of thioether (sulfide) groups is 1. The Hall–Kier alpha value is -3.84. The molecule has 0 saturated heterocycles. The van der Waals surface area contributed by atoms with Gasteiger partial charge < -0.3 is 5.32 Å². The smallest absolute Gasteiger partial charge is 0.248 e. The van der Waals surface area contributed by atoms with Crippen LogP contribution in [0, 0.1) is 13.8 Å². The molecule has 0 fully saturated rings. The van der Waals surface area contributed by atoms with Gasteiger partial charge in [0.2, 0.25) is 11.8 Å². The molecule has 0 radical (unpaired) electrons. The third-order valence-corrected chi connectivity index (χ3v) is 7.71. The second-order valence-corrected chi connectivity index (χ2v) is 10.2. The largest absolute Gasteiger partial charge is 0.350 e. The van der Waals surface area contributed by atoms with Crippen molar-refractivity contribution in [1.29, 1.82) is 0 Å². The molecule has 1 aliphatic rings. The number of amides is 2. The van der Waals surface area contributed by atoms with Crippen LogP contribution in [0.3, 0.4) is 0 Å². The summed E-state index contributed by atoms with van der Waals surface area (Å²) in [5, 5.41) is 8.74. The molecule has 7 heteroatoms. The molecule has 1 N–H and O–H groups in total. The van der Waals surface area contributed by atoms with Gasteiger partial charge in [-0.1, -0.05) is 78.8 Å². The topological polar surface area (TPSA) is 67.2 Å². The summed E-state index contributed by atoms with van der Waals surface area (Å²) in [4.78, 5) is 29.2. The zero-order valence-electron chi connectivity index (χ0n) is 21.3. The Bertz CT molecular complexity index is 1410. The predicted octanol–water partition coefficient (Wildman–Crippen LogP) is 5.55. The lowest BCUT2D eigenvalue weighted by Gasteiger charge is -2.30. The molecule has 2 amide bonds.